The minimum atomic E-state index is 0.184. The highest BCUT2D eigenvalue weighted by Gasteiger charge is 2.01. The number of hydrogen-bond donors (Lipinski definition) is 1. The topological polar surface area (TPSA) is 61.0 Å². The van der Waals surface area contributed by atoms with Gasteiger partial charge in [-0.25, -0.2) is 4.98 Å². The van der Waals surface area contributed by atoms with Crippen LogP contribution in [-0.4, -0.2) is 9.97 Å². The summed E-state index contributed by atoms with van der Waals surface area (Å²) in [5.74, 6) is 1.26. The Morgan fingerprint density at radius 1 is 1.31 bits per heavy atom. The molecule has 0 saturated heterocycles. The molecule has 0 bridgehead atoms. The third-order valence-electron chi connectivity index (χ3n) is 2.00. The average molecular weight is 236 g/mol. The predicted octanol–water partition coefficient (Wildman–Crippen LogP) is 2.81. The van der Waals surface area contributed by atoms with Crippen LogP contribution in [-0.2, 0) is 0 Å². The molecule has 0 aliphatic carbocycles. The van der Waals surface area contributed by atoms with E-state index in [-0.39, 0.29) is 5.95 Å². The van der Waals surface area contributed by atoms with Gasteiger partial charge in [-0.05, 0) is 30.7 Å². The number of aryl methyl sites for hydroxylation is 1. The van der Waals surface area contributed by atoms with Crippen LogP contribution < -0.4 is 10.5 Å². The van der Waals surface area contributed by atoms with Crippen LogP contribution in [0.5, 0.6) is 11.6 Å². The molecule has 0 spiro atoms. The highest BCUT2D eigenvalue weighted by atomic mass is 35.5. The molecule has 0 radical (unpaired) electrons. The van der Waals surface area contributed by atoms with Crippen LogP contribution in [0.4, 0.5) is 5.95 Å². The Hall–Kier alpha value is -1.81. The van der Waals surface area contributed by atoms with E-state index in [0.717, 1.165) is 5.56 Å². The largest absolute Gasteiger partial charge is 0.439 e. The number of nitrogens with zero attached hydrogens (tertiary/aromatic N) is 2. The van der Waals surface area contributed by atoms with Crippen molar-refractivity contribution in [2.45, 2.75) is 6.92 Å². The summed E-state index contributed by atoms with van der Waals surface area (Å²) < 4.78 is 5.51. The Balaban J connectivity index is 2.24. The summed E-state index contributed by atoms with van der Waals surface area (Å²) >= 11 is 5.91. The Labute approximate surface area is 98.0 Å². The lowest BCUT2D eigenvalue weighted by atomic mass is 10.2. The van der Waals surface area contributed by atoms with Gasteiger partial charge in [-0.2, -0.15) is 4.98 Å². The van der Waals surface area contributed by atoms with Crippen molar-refractivity contribution in [1.29, 1.82) is 0 Å². The first kappa shape index (κ1) is 10.7. The van der Waals surface area contributed by atoms with E-state index in [0.29, 0.717) is 16.7 Å². The van der Waals surface area contributed by atoms with Gasteiger partial charge in [0.2, 0.25) is 11.8 Å². The zero-order valence-electron chi connectivity index (χ0n) is 8.64. The van der Waals surface area contributed by atoms with Crippen molar-refractivity contribution in [3.8, 4) is 11.6 Å². The fourth-order valence-corrected chi connectivity index (χ4v) is 1.33. The monoisotopic (exact) mass is 235 g/mol. The molecule has 16 heavy (non-hydrogen) atoms. The van der Waals surface area contributed by atoms with Gasteiger partial charge in [0.05, 0.1) is 0 Å². The first-order valence-electron chi connectivity index (χ1n) is 4.67. The Bertz CT molecular complexity index is 516. The molecule has 2 aromatic rings. The summed E-state index contributed by atoms with van der Waals surface area (Å²) in [6.45, 7) is 1.91. The number of nitrogens with two attached hydrogens (primary N) is 1. The van der Waals surface area contributed by atoms with Gasteiger partial charge < -0.3 is 10.5 Å². The molecule has 5 heteroatoms. The van der Waals surface area contributed by atoms with Crippen LogP contribution in [0.1, 0.15) is 5.56 Å². The number of nitrogen functional groups attached to an aromatic ring is 1. The quantitative estimate of drug-likeness (QED) is 0.870. The SMILES string of the molecule is Cc1cc(Oc2ccnc(N)n2)ccc1Cl. The molecule has 2 rings (SSSR count). The summed E-state index contributed by atoms with van der Waals surface area (Å²) in [7, 11) is 0. The van der Waals surface area contributed by atoms with Gasteiger partial charge in [0.1, 0.15) is 5.75 Å². The van der Waals surface area contributed by atoms with E-state index in [1.54, 1.807) is 24.4 Å². The lowest BCUT2D eigenvalue weighted by Gasteiger charge is -2.06. The molecule has 0 unspecified atom stereocenters. The molecule has 0 aliphatic rings. The van der Waals surface area contributed by atoms with E-state index in [4.69, 9.17) is 22.1 Å². The second-order valence-corrected chi connectivity index (χ2v) is 3.67. The van der Waals surface area contributed by atoms with Crippen molar-refractivity contribution in [3.63, 3.8) is 0 Å². The van der Waals surface area contributed by atoms with Crippen LogP contribution in [0.3, 0.4) is 0 Å². The van der Waals surface area contributed by atoms with Gasteiger partial charge in [0, 0.05) is 17.3 Å². The molecular formula is C11H10ClN3O. The third-order valence-corrected chi connectivity index (χ3v) is 2.42. The molecule has 1 aromatic carbocycles. The number of halogens is 1. The zero-order chi connectivity index (χ0) is 11.5. The summed E-state index contributed by atoms with van der Waals surface area (Å²) in [5.41, 5.74) is 6.39. The van der Waals surface area contributed by atoms with Crippen molar-refractivity contribution in [2.75, 3.05) is 5.73 Å². The molecule has 0 saturated carbocycles. The third kappa shape index (κ3) is 2.41. The Morgan fingerprint density at radius 2 is 2.12 bits per heavy atom. The highest BCUT2D eigenvalue weighted by molar-refractivity contribution is 6.31. The molecule has 0 atom stereocenters. The maximum absolute atomic E-state index is 5.91. The molecular weight excluding hydrogens is 226 g/mol. The predicted molar refractivity (Wildman–Crippen MR) is 62.7 cm³/mol. The maximum atomic E-state index is 5.91. The molecule has 0 fully saturated rings. The molecule has 0 amide bonds. The summed E-state index contributed by atoms with van der Waals surface area (Å²) in [4.78, 5) is 7.71. The van der Waals surface area contributed by atoms with Crippen molar-refractivity contribution >= 4 is 17.5 Å². The van der Waals surface area contributed by atoms with Crippen molar-refractivity contribution < 1.29 is 4.74 Å². The lowest BCUT2D eigenvalue weighted by Crippen LogP contribution is -1.96. The van der Waals surface area contributed by atoms with Crippen LogP contribution in [0.15, 0.2) is 30.5 Å². The average Bonchev–Trinajstić information content (AvgIpc) is 2.24. The van der Waals surface area contributed by atoms with Gasteiger partial charge >= 0.3 is 0 Å². The minimum Gasteiger partial charge on any atom is -0.439 e. The van der Waals surface area contributed by atoms with Gasteiger partial charge in [-0.3, -0.25) is 0 Å². The molecule has 82 valence electrons. The van der Waals surface area contributed by atoms with E-state index in [1.165, 1.54) is 0 Å². The van der Waals surface area contributed by atoms with E-state index in [1.807, 2.05) is 13.0 Å². The number of hydrogen-bond acceptors (Lipinski definition) is 4. The second kappa shape index (κ2) is 4.37. The van der Waals surface area contributed by atoms with E-state index in [2.05, 4.69) is 9.97 Å². The zero-order valence-corrected chi connectivity index (χ0v) is 9.40. The van der Waals surface area contributed by atoms with Crippen LogP contribution >= 0.6 is 11.6 Å². The van der Waals surface area contributed by atoms with E-state index in [9.17, 15) is 0 Å². The Kier molecular flexibility index (Phi) is 2.92. The molecule has 2 N–H and O–H groups in total. The normalized spacial score (nSPS) is 10.1. The Morgan fingerprint density at radius 3 is 2.81 bits per heavy atom. The fourth-order valence-electron chi connectivity index (χ4n) is 1.21. The van der Waals surface area contributed by atoms with Gasteiger partial charge in [-0.1, -0.05) is 11.6 Å². The number of rotatable bonds is 2. The summed E-state index contributed by atoms with van der Waals surface area (Å²) in [6.07, 6.45) is 1.54. The van der Waals surface area contributed by atoms with Crippen LogP contribution in [0, 0.1) is 6.92 Å². The molecule has 0 aliphatic heterocycles. The van der Waals surface area contributed by atoms with Crippen molar-refractivity contribution in [2.24, 2.45) is 0 Å². The van der Waals surface area contributed by atoms with E-state index < -0.39 is 0 Å². The highest BCUT2D eigenvalue weighted by Crippen LogP contribution is 2.24. The standard InChI is InChI=1S/C11H10ClN3O/c1-7-6-8(2-3-9(7)12)16-10-4-5-14-11(13)15-10/h2-6H,1H3,(H2,13,14,15). The number of aromatic nitrogens is 2. The fraction of sp³-hybridized carbons (Fsp3) is 0.0909. The maximum Gasteiger partial charge on any atom is 0.224 e. The van der Waals surface area contributed by atoms with Crippen molar-refractivity contribution in [1.82, 2.24) is 9.97 Å². The van der Waals surface area contributed by atoms with Gasteiger partial charge in [0.15, 0.2) is 0 Å². The summed E-state index contributed by atoms with van der Waals surface area (Å²) in [6, 6.07) is 7.02. The van der Waals surface area contributed by atoms with E-state index >= 15 is 0 Å². The van der Waals surface area contributed by atoms with Crippen LogP contribution in [0.25, 0.3) is 0 Å². The minimum absolute atomic E-state index is 0.184. The number of ether oxygens (including phenoxy) is 1. The number of benzene rings is 1. The molecule has 1 aromatic heterocycles. The first-order valence-corrected chi connectivity index (χ1v) is 5.05. The number of anilines is 1. The van der Waals surface area contributed by atoms with Crippen molar-refractivity contribution in [3.05, 3.63) is 41.0 Å². The smallest absolute Gasteiger partial charge is 0.224 e. The van der Waals surface area contributed by atoms with Crippen LogP contribution in [0.2, 0.25) is 5.02 Å². The summed E-state index contributed by atoms with van der Waals surface area (Å²) in [5, 5.41) is 0.703. The second-order valence-electron chi connectivity index (χ2n) is 3.27. The lowest BCUT2D eigenvalue weighted by molar-refractivity contribution is 0.462. The first-order chi connectivity index (χ1) is 7.65. The molecule has 4 nitrogen and oxygen atoms in total. The molecule has 1 heterocycles. The van der Waals surface area contributed by atoms with Gasteiger partial charge in [-0.15, -0.1) is 0 Å². The van der Waals surface area contributed by atoms with Gasteiger partial charge in [0.25, 0.3) is 0 Å².